The minimum Gasteiger partial charge on any atom is -0.402 e. The molecule has 0 amide bonds. The van der Waals surface area contributed by atoms with Crippen LogP contribution in [0.3, 0.4) is 0 Å². The predicted octanol–water partition coefficient (Wildman–Crippen LogP) is 3.04. The Morgan fingerprint density at radius 3 is 2.46 bits per heavy atom. The molecule has 5 nitrogen and oxygen atoms in total. The molecule has 0 aliphatic heterocycles. The zero-order valence-electron chi connectivity index (χ0n) is 18.1. The standard InChI is InChI=1S/C18H23N3O.C3H6O.C2H6/c1-3-8-13(11-14(19)4-2)12-17-15-9-6-5-7-10-16(15)18(22)21-20-17;1-3(2)4;1-2/h5,7-11H,3-4,6,12,19H2,1-2H3,(H,21,22);1-2H3;1-2H3/b13-8+,14-11+;;. The van der Waals surface area contributed by atoms with Crippen molar-refractivity contribution in [3.63, 3.8) is 0 Å². The van der Waals surface area contributed by atoms with Crippen molar-refractivity contribution in [1.29, 1.82) is 0 Å². The largest absolute Gasteiger partial charge is 0.402 e. The number of rotatable bonds is 5. The van der Waals surface area contributed by atoms with E-state index in [1.165, 1.54) is 13.8 Å². The number of Topliss-reactive ketones (excluding diaryl/α,β-unsaturated/α-hetero) is 1. The summed E-state index contributed by atoms with van der Waals surface area (Å²) < 4.78 is 0. The molecule has 28 heavy (non-hydrogen) atoms. The molecule has 1 heterocycles. The van der Waals surface area contributed by atoms with E-state index in [4.69, 9.17) is 5.73 Å². The van der Waals surface area contributed by atoms with Crippen molar-refractivity contribution < 1.29 is 4.79 Å². The number of H-pyrrole nitrogens is 1. The highest BCUT2D eigenvalue weighted by molar-refractivity contribution is 5.72. The maximum Gasteiger partial charge on any atom is 0.272 e. The lowest BCUT2D eigenvalue weighted by Crippen LogP contribution is -2.44. The Kier molecular flexibility index (Phi) is 13.0. The summed E-state index contributed by atoms with van der Waals surface area (Å²) in [5, 5.41) is 8.47. The van der Waals surface area contributed by atoms with Crippen molar-refractivity contribution in [2.24, 2.45) is 5.73 Å². The van der Waals surface area contributed by atoms with Crippen LogP contribution in [-0.2, 0) is 11.2 Å². The monoisotopic (exact) mass is 385 g/mol. The molecule has 3 N–H and O–H groups in total. The van der Waals surface area contributed by atoms with Crippen molar-refractivity contribution in [3.05, 3.63) is 62.1 Å². The first-order valence-electron chi connectivity index (χ1n) is 9.95. The minimum absolute atomic E-state index is 0.147. The van der Waals surface area contributed by atoms with Gasteiger partial charge in [0.2, 0.25) is 0 Å². The first-order chi connectivity index (χ1) is 13.4. The van der Waals surface area contributed by atoms with Crippen LogP contribution < -0.4 is 21.7 Å². The third kappa shape index (κ3) is 9.31. The van der Waals surface area contributed by atoms with Crippen molar-refractivity contribution in [2.75, 3.05) is 0 Å². The lowest BCUT2D eigenvalue weighted by atomic mass is 10.0. The number of ketones is 1. The van der Waals surface area contributed by atoms with Crippen LogP contribution >= 0.6 is 0 Å². The number of aromatic nitrogens is 2. The van der Waals surface area contributed by atoms with Crippen LogP contribution in [0.15, 0.2) is 40.4 Å². The van der Waals surface area contributed by atoms with E-state index in [9.17, 15) is 9.59 Å². The Bertz CT molecular complexity index is 883. The molecule has 0 unspecified atom stereocenters. The molecular formula is C23H35N3O2. The van der Waals surface area contributed by atoms with Gasteiger partial charge in [0.05, 0.1) is 5.69 Å². The fraction of sp³-hybridized carbons (Fsp3) is 0.435. The molecule has 1 aromatic heterocycles. The minimum atomic E-state index is -0.147. The predicted molar refractivity (Wildman–Crippen MR) is 119 cm³/mol. The smallest absolute Gasteiger partial charge is 0.272 e. The van der Waals surface area contributed by atoms with Gasteiger partial charge in [0, 0.05) is 22.6 Å². The highest BCUT2D eigenvalue weighted by Gasteiger charge is 2.06. The molecule has 2 rings (SSSR count). The lowest BCUT2D eigenvalue weighted by molar-refractivity contribution is -0.114. The van der Waals surface area contributed by atoms with Gasteiger partial charge in [-0.15, -0.1) is 0 Å². The number of fused-ring (bicyclic) bond motifs is 1. The fourth-order valence-electron chi connectivity index (χ4n) is 2.45. The van der Waals surface area contributed by atoms with Gasteiger partial charge in [-0.25, -0.2) is 5.10 Å². The third-order valence-corrected chi connectivity index (χ3v) is 3.61. The molecule has 0 saturated carbocycles. The number of carbonyl (C=O) groups is 1. The molecule has 0 fully saturated rings. The average Bonchev–Trinajstić information content (AvgIpc) is 2.92. The van der Waals surface area contributed by atoms with Crippen molar-refractivity contribution in [2.45, 2.75) is 67.2 Å². The van der Waals surface area contributed by atoms with Crippen molar-refractivity contribution in [1.82, 2.24) is 10.2 Å². The molecule has 1 aromatic rings. The van der Waals surface area contributed by atoms with Crippen LogP contribution in [0.4, 0.5) is 0 Å². The second-order valence-corrected chi connectivity index (χ2v) is 6.21. The number of nitrogens with zero attached hydrogens (tertiary/aromatic N) is 1. The SMILES string of the molecule is CC.CC(C)=O.CC/C=C(\C=C(\N)CC)Cc1n[nH]c(=O)c2c1=CCC=CC=2. The Labute approximate surface area is 168 Å². The van der Waals surface area contributed by atoms with E-state index in [2.05, 4.69) is 29.3 Å². The van der Waals surface area contributed by atoms with Gasteiger partial charge in [0.25, 0.3) is 5.56 Å². The van der Waals surface area contributed by atoms with Gasteiger partial charge in [-0.05, 0) is 50.8 Å². The second kappa shape index (κ2) is 14.4. The Morgan fingerprint density at radius 2 is 1.89 bits per heavy atom. The number of aromatic amines is 1. The summed E-state index contributed by atoms with van der Waals surface area (Å²) in [7, 11) is 0. The van der Waals surface area contributed by atoms with Gasteiger partial charge in [0.1, 0.15) is 5.78 Å². The van der Waals surface area contributed by atoms with Gasteiger partial charge in [-0.2, -0.15) is 5.10 Å². The summed E-state index contributed by atoms with van der Waals surface area (Å²) in [6.45, 7) is 11.2. The van der Waals surface area contributed by atoms with E-state index in [-0.39, 0.29) is 11.3 Å². The second-order valence-electron chi connectivity index (χ2n) is 6.21. The molecule has 0 saturated heterocycles. The summed E-state index contributed by atoms with van der Waals surface area (Å²) in [6, 6.07) is 0. The molecular weight excluding hydrogens is 350 g/mol. The van der Waals surface area contributed by atoms with Gasteiger partial charge in [0.15, 0.2) is 0 Å². The zero-order chi connectivity index (χ0) is 21.5. The van der Waals surface area contributed by atoms with Gasteiger partial charge < -0.3 is 10.5 Å². The molecule has 1 aliphatic carbocycles. The molecule has 0 aromatic carbocycles. The van der Waals surface area contributed by atoms with E-state index in [1.807, 2.05) is 45.1 Å². The van der Waals surface area contributed by atoms with Gasteiger partial charge >= 0.3 is 0 Å². The first-order valence-corrected chi connectivity index (χ1v) is 9.95. The maximum absolute atomic E-state index is 12.0. The highest BCUT2D eigenvalue weighted by atomic mass is 16.1. The average molecular weight is 386 g/mol. The number of hydrogen-bond donors (Lipinski definition) is 2. The lowest BCUT2D eigenvalue weighted by Gasteiger charge is -2.05. The Morgan fingerprint density at radius 1 is 1.25 bits per heavy atom. The van der Waals surface area contributed by atoms with E-state index < -0.39 is 0 Å². The molecule has 5 heteroatoms. The zero-order valence-corrected chi connectivity index (χ0v) is 18.1. The van der Waals surface area contributed by atoms with Crippen LogP contribution in [0, 0.1) is 0 Å². The maximum atomic E-state index is 12.0. The summed E-state index contributed by atoms with van der Waals surface area (Å²) in [6.07, 6.45) is 15.3. The van der Waals surface area contributed by atoms with Crippen LogP contribution in [0.2, 0.25) is 0 Å². The quantitative estimate of drug-likeness (QED) is 0.763. The molecule has 0 bridgehead atoms. The first kappa shape index (κ1) is 25.3. The fourth-order valence-corrected chi connectivity index (χ4v) is 2.45. The third-order valence-electron chi connectivity index (χ3n) is 3.61. The molecule has 1 aliphatic rings. The van der Waals surface area contributed by atoms with E-state index in [0.717, 1.165) is 41.4 Å². The van der Waals surface area contributed by atoms with Gasteiger partial charge in [-0.1, -0.05) is 52.0 Å². The summed E-state index contributed by atoms with van der Waals surface area (Å²) in [5.74, 6) is 0.167. The van der Waals surface area contributed by atoms with Crippen LogP contribution in [0.5, 0.6) is 0 Å². The number of allylic oxidation sites excluding steroid dienone is 6. The van der Waals surface area contributed by atoms with Crippen molar-refractivity contribution >= 4 is 17.9 Å². The number of nitrogens with two attached hydrogens (primary N) is 1. The van der Waals surface area contributed by atoms with Crippen molar-refractivity contribution in [3.8, 4) is 0 Å². The Balaban J connectivity index is 0.00000108. The Hall–Kier alpha value is -2.69. The van der Waals surface area contributed by atoms with E-state index >= 15 is 0 Å². The normalized spacial score (nSPS) is 12.8. The number of hydrogen-bond acceptors (Lipinski definition) is 4. The van der Waals surface area contributed by atoms with Crippen LogP contribution in [0.1, 0.15) is 66.5 Å². The van der Waals surface area contributed by atoms with Crippen LogP contribution in [-0.4, -0.2) is 16.0 Å². The molecule has 154 valence electrons. The topological polar surface area (TPSA) is 88.8 Å². The van der Waals surface area contributed by atoms with Crippen LogP contribution in [0.25, 0.3) is 12.2 Å². The molecule has 0 atom stereocenters. The summed E-state index contributed by atoms with van der Waals surface area (Å²) in [5.41, 5.74) is 8.69. The summed E-state index contributed by atoms with van der Waals surface area (Å²) >= 11 is 0. The number of carbonyl (C=O) groups excluding carboxylic acids is 1. The van der Waals surface area contributed by atoms with Gasteiger partial charge in [-0.3, -0.25) is 4.79 Å². The summed E-state index contributed by atoms with van der Waals surface area (Å²) in [4.78, 5) is 21.4. The molecule has 0 spiro atoms. The van der Waals surface area contributed by atoms with E-state index in [1.54, 1.807) is 0 Å². The number of nitrogens with one attached hydrogen (secondary N) is 1. The highest BCUT2D eigenvalue weighted by Crippen LogP contribution is 2.08. The van der Waals surface area contributed by atoms with E-state index in [0.29, 0.717) is 11.6 Å². The molecule has 0 radical (unpaired) electrons.